The lowest BCUT2D eigenvalue weighted by atomic mass is 9.40. The van der Waals surface area contributed by atoms with Crippen LogP contribution in [0.5, 0.6) is 0 Å². The topological polar surface area (TPSA) is 60.4 Å². The predicted molar refractivity (Wildman–Crippen MR) is 164 cm³/mol. The van der Waals surface area contributed by atoms with Crippen LogP contribution in [0.2, 0.25) is 0 Å². The van der Waals surface area contributed by atoms with E-state index in [1.165, 1.54) is 12.7 Å². The number of fused-ring (bicyclic) bond motifs is 7. The molecule has 222 valence electrons. The van der Waals surface area contributed by atoms with Crippen LogP contribution in [0.1, 0.15) is 107 Å². The summed E-state index contributed by atoms with van der Waals surface area (Å²) in [6, 6.07) is 0. The molecule has 0 saturated heterocycles. The van der Waals surface area contributed by atoms with Crippen molar-refractivity contribution in [1.29, 1.82) is 0 Å². The van der Waals surface area contributed by atoms with Crippen molar-refractivity contribution in [2.75, 3.05) is 7.11 Å². The normalized spacial score (nSPS) is 40.1. The van der Waals surface area contributed by atoms with Gasteiger partial charge in [-0.3, -0.25) is 9.59 Å². The fourth-order valence-corrected chi connectivity index (χ4v) is 9.04. The molecular weight excluding hydrogens is 496 g/mol. The molecule has 8 atom stereocenters. The third-order valence-corrected chi connectivity index (χ3v) is 11.5. The van der Waals surface area contributed by atoms with Crippen molar-refractivity contribution in [3.63, 3.8) is 0 Å². The molecule has 0 N–H and O–H groups in total. The molecule has 0 aliphatic heterocycles. The van der Waals surface area contributed by atoms with Crippen LogP contribution in [0, 0.1) is 64.1 Å². The first-order valence-corrected chi connectivity index (χ1v) is 15.5. The van der Waals surface area contributed by atoms with Crippen molar-refractivity contribution in [3.05, 3.63) is 29.4 Å². The summed E-state index contributed by atoms with van der Waals surface area (Å²) in [7, 11) is 1.50. The molecule has 3 fully saturated rings. The van der Waals surface area contributed by atoms with E-state index in [1.54, 1.807) is 0 Å². The molecule has 0 aromatic carbocycles. The molecule has 0 bridgehead atoms. The second kappa shape index (κ2) is 12.7. The smallest absolute Gasteiger partial charge is 0.312 e. The summed E-state index contributed by atoms with van der Waals surface area (Å²) < 4.78 is 5.37. The SMILES string of the molecule is C#C.CC.CC.COC(=O)C12CCC3C(C(=O)C=C4C5C=CC(=C=O)[C@H](C)[C@]5(C)CCC43C)C1CC(C)(C)CC2. The van der Waals surface area contributed by atoms with Crippen LogP contribution in [0.3, 0.4) is 0 Å². The van der Waals surface area contributed by atoms with Gasteiger partial charge in [0.1, 0.15) is 5.94 Å². The summed E-state index contributed by atoms with van der Waals surface area (Å²) in [5.74, 6) is 2.75. The summed E-state index contributed by atoms with van der Waals surface area (Å²) >= 11 is 0. The van der Waals surface area contributed by atoms with Gasteiger partial charge in [0, 0.05) is 17.4 Å². The zero-order chi connectivity index (χ0) is 30.7. The molecule has 5 aliphatic rings. The quantitative estimate of drug-likeness (QED) is 0.188. The van der Waals surface area contributed by atoms with Crippen LogP contribution in [0.15, 0.2) is 29.4 Å². The van der Waals surface area contributed by atoms with Gasteiger partial charge >= 0.3 is 5.97 Å². The summed E-state index contributed by atoms with van der Waals surface area (Å²) in [4.78, 5) is 38.8. The number of carbonyl (C=O) groups is 2. The van der Waals surface area contributed by atoms with E-state index in [0.717, 1.165) is 50.5 Å². The number of allylic oxidation sites excluding steroid dienone is 5. The average molecular weight is 551 g/mol. The predicted octanol–water partition coefficient (Wildman–Crippen LogP) is 8.20. The Balaban J connectivity index is 0.000000876. The fourth-order valence-electron chi connectivity index (χ4n) is 9.04. The van der Waals surface area contributed by atoms with E-state index in [1.807, 2.05) is 39.8 Å². The largest absolute Gasteiger partial charge is 0.469 e. The van der Waals surface area contributed by atoms with Gasteiger partial charge in [-0.15, -0.1) is 12.8 Å². The second-order valence-electron chi connectivity index (χ2n) is 13.3. The second-order valence-corrected chi connectivity index (χ2v) is 13.3. The van der Waals surface area contributed by atoms with E-state index in [4.69, 9.17) is 4.74 Å². The highest BCUT2D eigenvalue weighted by molar-refractivity contribution is 5.95. The third-order valence-electron chi connectivity index (χ3n) is 11.5. The van der Waals surface area contributed by atoms with Crippen molar-refractivity contribution in [2.24, 2.45) is 51.2 Å². The average Bonchev–Trinajstić information content (AvgIpc) is 2.97. The maximum absolute atomic E-state index is 14.0. The van der Waals surface area contributed by atoms with Gasteiger partial charge in [0.15, 0.2) is 5.78 Å². The van der Waals surface area contributed by atoms with E-state index in [-0.39, 0.29) is 57.6 Å². The molecule has 5 rings (SSSR count). The van der Waals surface area contributed by atoms with Gasteiger partial charge in [0.25, 0.3) is 0 Å². The monoisotopic (exact) mass is 550 g/mol. The molecular formula is C36H54O4. The minimum absolute atomic E-state index is 0.0447. The molecule has 0 spiro atoms. The van der Waals surface area contributed by atoms with Gasteiger partial charge in [-0.1, -0.05) is 80.0 Å². The summed E-state index contributed by atoms with van der Waals surface area (Å²) in [6.45, 7) is 19.4. The summed E-state index contributed by atoms with van der Waals surface area (Å²) in [6.07, 6.45) is 20.6. The van der Waals surface area contributed by atoms with Crippen LogP contribution in [0.4, 0.5) is 0 Å². The van der Waals surface area contributed by atoms with Gasteiger partial charge in [-0.05, 0) is 85.0 Å². The summed E-state index contributed by atoms with van der Waals surface area (Å²) in [5, 5.41) is 0. The van der Waals surface area contributed by atoms with E-state index in [2.05, 4.69) is 59.5 Å². The van der Waals surface area contributed by atoms with Crippen molar-refractivity contribution in [1.82, 2.24) is 0 Å². The number of esters is 1. The Kier molecular flexibility index (Phi) is 10.7. The lowest BCUT2D eigenvalue weighted by Crippen LogP contribution is -2.60. The Morgan fingerprint density at radius 1 is 0.975 bits per heavy atom. The van der Waals surface area contributed by atoms with Crippen molar-refractivity contribution in [3.8, 4) is 12.8 Å². The molecule has 0 amide bonds. The zero-order valence-electron chi connectivity index (χ0n) is 26.9. The van der Waals surface area contributed by atoms with Gasteiger partial charge in [0.2, 0.25) is 0 Å². The van der Waals surface area contributed by atoms with Crippen LogP contribution in [0.25, 0.3) is 0 Å². The molecule has 0 aromatic heterocycles. The van der Waals surface area contributed by atoms with E-state index in [0.29, 0.717) is 0 Å². The van der Waals surface area contributed by atoms with Crippen molar-refractivity contribution in [2.45, 2.75) is 107 Å². The van der Waals surface area contributed by atoms with Gasteiger partial charge < -0.3 is 4.74 Å². The Labute approximate surface area is 244 Å². The fraction of sp³-hybridized carbons (Fsp3) is 0.722. The van der Waals surface area contributed by atoms with Gasteiger partial charge in [-0.2, -0.15) is 0 Å². The number of rotatable bonds is 1. The standard InChI is InChI=1S/C30H40O4.2C2H6.C2H2/c1-18-19(17-31)7-8-20-22-15-24(32)25-21(29(22,5)13-12-28(18,20)4)9-10-30(26(33)34-6)14-11-27(2,3)16-23(25)30;3*1-2/h7-8,15,18,20-21,23,25H,9-14,16H2,1-6H3;2*1-2H3;1-2H/t18-,20?,21?,23?,25?,28-,29?,30?;;;/m0.../s1. The molecule has 0 heterocycles. The number of hydrogen-bond acceptors (Lipinski definition) is 4. The highest BCUT2D eigenvalue weighted by atomic mass is 16.5. The Hall–Kier alpha value is -2.37. The molecule has 4 heteroatoms. The van der Waals surface area contributed by atoms with Crippen LogP contribution < -0.4 is 0 Å². The van der Waals surface area contributed by atoms with E-state index < -0.39 is 5.41 Å². The van der Waals surface area contributed by atoms with Gasteiger partial charge in [-0.25, -0.2) is 4.79 Å². The molecule has 4 nitrogen and oxygen atoms in total. The highest BCUT2D eigenvalue weighted by Gasteiger charge is 2.65. The Bertz CT molecular complexity index is 1090. The lowest BCUT2D eigenvalue weighted by molar-refractivity contribution is -0.177. The first kappa shape index (κ1) is 33.8. The van der Waals surface area contributed by atoms with E-state index in [9.17, 15) is 14.4 Å². The molecule has 0 aromatic rings. The van der Waals surface area contributed by atoms with Crippen molar-refractivity contribution >= 4 is 17.7 Å². The van der Waals surface area contributed by atoms with Crippen LogP contribution in [-0.2, 0) is 19.1 Å². The number of hydrogen-bond donors (Lipinski definition) is 0. The maximum Gasteiger partial charge on any atom is 0.312 e. The number of ether oxygens (including phenoxy) is 1. The van der Waals surface area contributed by atoms with Crippen LogP contribution in [-0.4, -0.2) is 24.8 Å². The maximum atomic E-state index is 14.0. The molecule has 6 unspecified atom stereocenters. The Morgan fingerprint density at radius 3 is 2.17 bits per heavy atom. The number of methoxy groups -OCH3 is 1. The number of terminal acetylenes is 1. The number of ketones is 1. The highest BCUT2D eigenvalue weighted by Crippen LogP contribution is 2.69. The minimum Gasteiger partial charge on any atom is -0.469 e. The summed E-state index contributed by atoms with van der Waals surface area (Å²) in [5.41, 5.74) is 1.49. The minimum atomic E-state index is -0.519. The lowest BCUT2D eigenvalue weighted by Gasteiger charge is -2.63. The molecule has 3 saturated carbocycles. The van der Waals surface area contributed by atoms with E-state index >= 15 is 0 Å². The zero-order valence-corrected chi connectivity index (χ0v) is 26.9. The van der Waals surface area contributed by atoms with Crippen LogP contribution >= 0.6 is 0 Å². The third kappa shape index (κ3) is 5.09. The molecule has 0 radical (unpaired) electrons. The van der Waals surface area contributed by atoms with Crippen molar-refractivity contribution < 1.29 is 19.1 Å². The molecule has 40 heavy (non-hydrogen) atoms. The first-order valence-electron chi connectivity index (χ1n) is 15.5. The first-order chi connectivity index (χ1) is 18.9. The van der Waals surface area contributed by atoms with Gasteiger partial charge in [0.05, 0.1) is 12.5 Å². The molecule has 5 aliphatic carbocycles. The Morgan fingerprint density at radius 2 is 1.60 bits per heavy atom. The number of carbonyl (C=O) groups excluding carboxylic acids is 3.